The maximum absolute atomic E-state index is 12.8. The van der Waals surface area contributed by atoms with Crippen molar-refractivity contribution in [3.8, 4) is 0 Å². The molecule has 2 aromatic carbocycles. The number of benzene rings is 2. The monoisotopic (exact) mass is 419 g/mol. The molecule has 2 aromatic rings. The molecule has 1 heterocycles. The Kier molecular flexibility index (Phi) is 5.72. The fourth-order valence-corrected chi connectivity index (χ4v) is 4.43. The number of aryl methyl sites for hydroxylation is 1. The van der Waals surface area contributed by atoms with E-state index in [-0.39, 0.29) is 41.6 Å². The molecule has 0 spiro atoms. The maximum Gasteiger partial charge on any atom is 0.338 e. The minimum atomic E-state index is -0.631. The summed E-state index contributed by atoms with van der Waals surface area (Å²) in [4.78, 5) is 51.4. The Hall–Kier alpha value is -3.28. The standard InChI is InChI=1S/C25H25NO5/c1-15-3-6-17(7-4-15)22(27)14-31-25(30)18-8-10-19(11-9-18)26-23(28)20-12-5-16(2)13-21(20)24(26)29/h3-4,6-11,16,20-21H,5,12-14H2,1-2H3/t16-,20-,21+/m1/s1. The third kappa shape index (κ3) is 4.15. The molecule has 0 aromatic heterocycles. The van der Waals surface area contributed by atoms with Crippen LogP contribution in [0.2, 0.25) is 0 Å². The molecule has 2 fully saturated rings. The van der Waals surface area contributed by atoms with Gasteiger partial charge >= 0.3 is 5.97 Å². The highest BCUT2D eigenvalue weighted by Gasteiger charge is 2.49. The van der Waals surface area contributed by atoms with Crippen molar-refractivity contribution in [2.45, 2.75) is 33.1 Å². The van der Waals surface area contributed by atoms with Gasteiger partial charge in [0, 0.05) is 5.56 Å². The largest absolute Gasteiger partial charge is 0.454 e. The van der Waals surface area contributed by atoms with Gasteiger partial charge in [0.1, 0.15) is 0 Å². The van der Waals surface area contributed by atoms with E-state index in [0.717, 1.165) is 24.8 Å². The van der Waals surface area contributed by atoms with E-state index in [0.29, 0.717) is 17.2 Å². The normalized spacial score (nSPS) is 22.9. The number of imide groups is 1. The van der Waals surface area contributed by atoms with Gasteiger partial charge in [0.25, 0.3) is 0 Å². The van der Waals surface area contributed by atoms with Crippen molar-refractivity contribution in [2.24, 2.45) is 17.8 Å². The number of anilines is 1. The molecule has 0 bridgehead atoms. The summed E-state index contributed by atoms with van der Waals surface area (Å²) in [6.07, 6.45) is 2.44. The second kappa shape index (κ2) is 8.46. The molecule has 0 unspecified atom stereocenters. The number of ether oxygens (including phenoxy) is 1. The first-order chi connectivity index (χ1) is 14.8. The van der Waals surface area contributed by atoms with Crippen LogP contribution in [0.5, 0.6) is 0 Å². The van der Waals surface area contributed by atoms with E-state index in [1.165, 1.54) is 17.0 Å². The lowest BCUT2D eigenvalue weighted by Crippen LogP contribution is -2.30. The third-order valence-electron chi connectivity index (χ3n) is 6.26. The van der Waals surface area contributed by atoms with Crippen molar-refractivity contribution in [1.29, 1.82) is 0 Å². The van der Waals surface area contributed by atoms with E-state index in [9.17, 15) is 19.2 Å². The van der Waals surface area contributed by atoms with E-state index in [1.807, 2.05) is 19.1 Å². The lowest BCUT2D eigenvalue weighted by Gasteiger charge is -2.25. The summed E-state index contributed by atoms with van der Waals surface area (Å²) >= 11 is 0. The smallest absolute Gasteiger partial charge is 0.338 e. The second-order valence-electron chi connectivity index (χ2n) is 8.56. The van der Waals surface area contributed by atoms with Crippen LogP contribution in [0.4, 0.5) is 5.69 Å². The van der Waals surface area contributed by atoms with Crippen molar-refractivity contribution in [2.75, 3.05) is 11.5 Å². The molecule has 2 aliphatic rings. The summed E-state index contributed by atoms with van der Waals surface area (Å²) in [6.45, 7) is 3.69. The van der Waals surface area contributed by atoms with Gasteiger partial charge in [-0.05, 0) is 56.4 Å². The van der Waals surface area contributed by atoms with E-state index in [2.05, 4.69) is 6.92 Å². The van der Waals surface area contributed by atoms with Crippen molar-refractivity contribution in [3.63, 3.8) is 0 Å². The maximum atomic E-state index is 12.8. The Bertz CT molecular complexity index is 1020. The molecule has 4 rings (SSSR count). The van der Waals surface area contributed by atoms with Gasteiger partial charge in [-0.2, -0.15) is 0 Å². The molecule has 1 saturated heterocycles. The molecule has 2 amide bonds. The number of fused-ring (bicyclic) bond motifs is 1. The zero-order valence-electron chi connectivity index (χ0n) is 17.7. The van der Waals surface area contributed by atoms with Gasteiger partial charge in [0.15, 0.2) is 12.4 Å². The van der Waals surface area contributed by atoms with Gasteiger partial charge in [-0.3, -0.25) is 19.3 Å². The van der Waals surface area contributed by atoms with Crippen molar-refractivity contribution in [3.05, 3.63) is 65.2 Å². The number of rotatable bonds is 5. The van der Waals surface area contributed by atoms with Crippen LogP contribution in [0.15, 0.2) is 48.5 Å². The zero-order valence-corrected chi connectivity index (χ0v) is 17.7. The highest BCUT2D eigenvalue weighted by Crippen LogP contribution is 2.42. The van der Waals surface area contributed by atoms with Crippen LogP contribution in [-0.4, -0.2) is 30.2 Å². The van der Waals surface area contributed by atoms with Crippen molar-refractivity contribution in [1.82, 2.24) is 0 Å². The molecular formula is C25H25NO5. The quantitative estimate of drug-likeness (QED) is 0.416. The van der Waals surface area contributed by atoms with Crippen LogP contribution in [0.3, 0.4) is 0 Å². The predicted molar refractivity (Wildman–Crippen MR) is 115 cm³/mol. The Labute approximate surface area is 181 Å². The van der Waals surface area contributed by atoms with E-state index < -0.39 is 5.97 Å². The highest BCUT2D eigenvalue weighted by molar-refractivity contribution is 6.22. The zero-order chi connectivity index (χ0) is 22.1. The summed E-state index contributed by atoms with van der Waals surface area (Å²) < 4.78 is 5.14. The first-order valence-electron chi connectivity index (χ1n) is 10.6. The van der Waals surface area contributed by atoms with Crippen molar-refractivity contribution < 1.29 is 23.9 Å². The first-order valence-corrected chi connectivity index (χ1v) is 10.6. The number of esters is 1. The predicted octanol–water partition coefficient (Wildman–Crippen LogP) is 3.96. The molecule has 0 N–H and O–H groups in total. The Morgan fingerprint density at radius 3 is 2.19 bits per heavy atom. The average molecular weight is 419 g/mol. The summed E-state index contributed by atoms with van der Waals surface area (Å²) in [5.74, 6) is -1.25. The highest BCUT2D eigenvalue weighted by atomic mass is 16.5. The SMILES string of the molecule is Cc1ccc(C(=O)COC(=O)c2ccc(N3C(=O)[C@H]4C[C@H](C)CC[C@H]4C3=O)cc2)cc1. The summed E-state index contributed by atoms with van der Waals surface area (Å²) in [5, 5.41) is 0. The summed E-state index contributed by atoms with van der Waals surface area (Å²) in [7, 11) is 0. The topological polar surface area (TPSA) is 80.8 Å². The van der Waals surface area contributed by atoms with Gasteiger partial charge in [0.2, 0.25) is 11.8 Å². The fraction of sp³-hybridized carbons (Fsp3) is 0.360. The van der Waals surface area contributed by atoms with E-state index in [4.69, 9.17) is 4.74 Å². The number of nitrogens with zero attached hydrogens (tertiary/aromatic N) is 1. The molecule has 160 valence electrons. The number of carbonyl (C=O) groups excluding carboxylic acids is 4. The Morgan fingerprint density at radius 1 is 0.903 bits per heavy atom. The second-order valence-corrected chi connectivity index (χ2v) is 8.56. The molecule has 1 saturated carbocycles. The van der Waals surface area contributed by atoms with Crippen LogP contribution >= 0.6 is 0 Å². The Morgan fingerprint density at radius 2 is 1.52 bits per heavy atom. The van der Waals surface area contributed by atoms with E-state index in [1.54, 1.807) is 24.3 Å². The third-order valence-corrected chi connectivity index (χ3v) is 6.26. The number of Topliss-reactive ketones (excluding diaryl/α,β-unsaturated/α-hetero) is 1. The number of ketones is 1. The molecular weight excluding hydrogens is 394 g/mol. The number of amides is 2. The van der Waals surface area contributed by atoms with Gasteiger partial charge in [-0.15, -0.1) is 0 Å². The van der Waals surface area contributed by atoms with Crippen LogP contribution in [-0.2, 0) is 14.3 Å². The molecule has 31 heavy (non-hydrogen) atoms. The molecule has 6 heteroatoms. The molecule has 6 nitrogen and oxygen atoms in total. The number of carbonyl (C=O) groups is 4. The molecule has 0 radical (unpaired) electrons. The van der Waals surface area contributed by atoms with Gasteiger partial charge in [-0.25, -0.2) is 4.79 Å². The van der Waals surface area contributed by atoms with Crippen LogP contribution in [0.1, 0.15) is 52.5 Å². The average Bonchev–Trinajstić information content (AvgIpc) is 3.02. The van der Waals surface area contributed by atoms with Crippen LogP contribution < -0.4 is 4.90 Å². The number of hydrogen-bond acceptors (Lipinski definition) is 5. The van der Waals surface area contributed by atoms with Gasteiger partial charge < -0.3 is 4.74 Å². The van der Waals surface area contributed by atoms with Gasteiger partial charge in [0.05, 0.1) is 23.1 Å². The lowest BCUT2D eigenvalue weighted by molar-refractivity contribution is -0.122. The van der Waals surface area contributed by atoms with Crippen molar-refractivity contribution >= 4 is 29.3 Å². The van der Waals surface area contributed by atoms with Crippen LogP contribution in [0.25, 0.3) is 0 Å². The van der Waals surface area contributed by atoms with Crippen LogP contribution in [0, 0.1) is 24.7 Å². The minimum Gasteiger partial charge on any atom is -0.454 e. The van der Waals surface area contributed by atoms with E-state index >= 15 is 0 Å². The lowest BCUT2D eigenvalue weighted by atomic mass is 9.76. The Balaban J connectivity index is 1.40. The molecule has 3 atom stereocenters. The molecule has 1 aliphatic carbocycles. The minimum absolute atomic E-state index is 0.152. The molecule has 1 aliphatic heterocycles. The summed E-state index contributed by atoms with van der Waals surface area (Å²) in [5.41, 5.74) is 2.24. The first kappa shape index (κ1) is 21.0. The number of hydrogen-bond donors (Lipinski definition) is 0. The van der Waals surface area contributed by atoms with Gasteiger partial charge in [-0.1, -0.05) is 36.8 Å². The fourth-order valence-electron chi connectivity index (χ4n) is 4.43. The summed E-state index contributed by atoms with van der Waals surface area (Å²) in [6, 6.07) is 13.2.